The van der Waals surface area contributed by atoms with E-state index in [1.54, 1.807) is 18.2 Å². The van der Waals surface area contributed by atoms with Crippen molar-refractivity contribution in [3.63, 3.8) is 0 Å². The van der Waals surface area contributed by atoms with Crippen LogP contribution in [0.5, 0.6) is 0 Å². The van der Waals surface area contributed by atoms with Crippen LogP contribution >= 0.6 is 11.6 Å². The Kier molecular flexibility index (Phi) is 6.20. The number of rotatable bonds is 5. The maximum Gasteiger partial charge on any atom is 0.286 e. The van der Waals surface area contributed by atoms with Crippen molar-refractivity contribution < 1.29 is 14.3 Å². The van der Waals surface area contributed by atoms with Gasteiger partial charge in [-0.15, -0.1) is 0 Å². The summed E-state index contributed by atoms with van der Waals surface area (Å²) in [6.45, 7) is 2.82. The third-order valence-electron chi connectivity index (χ3n) is 4.95. The molecule has 26 heavy (non-hydrogen) atoms. The van der Waals surface area contributed by atoms with E-state index in [2.05, 4.69) is 17.6 Å². The summed E-state index contributed by atoms with van der Waals surface area (Å²) in [5, 5.41) is 6.61. The molecule has 0 radical (unpaired) electrons. The zero-order valence-corrected chi connectivity index (χ0v) is 15.7. The molecule has 1 saturated heterocycles. The molecule has 2 N–H and O–H groups in total. The number of benzene rings is 1. The van der Waals surface area contributed by atoms with Crippen molar-refractivity contribution in [1.29, 1.82) is 0 Å². The minimum atomic E-state index is -0.238. The van der Waals surface area contributed by atoms with Crippen LogP contribution in [-0.2, 0) is 14.3 Å². The summed E-state index contributed by atoms with van der Waals surface area (Å²) in [6, 6.07) is 7.16. The Bertz CT molecular complexity index is 704. The molecule has 2 aliphatic rings. The average molecular weight is 377 g/mol. The summed E-state index contributed by atoms with van der Waals surface area (Å²) in [6.07, 6.45) is 5.82. The lowest BCUT2D eigenvalue weighted by atomic mass is 9.82. The molecular weight excluding hydrogens is 352 g/mol. The lowest BCUT2D eigenvalue weighted by Crippen LogP contribution is -2.54. The first-order valence-electron chi connectivity index (χ1n) is 9.29. The van der Waals surface area contributed by atoms with Gasteiger partial charge in [-0.1, -0.05) is 37.1 Å². The van der Waals surface area contributed by atoms with Crippen molar-refractivity contribution in [2.24, 2.45) is 5.92 Å². The summed E-state index contributed by atoms with van der Waals surface area (Å²) in [5.41, 5.74) is 0.824. The fraction of sp³-hybridized carbons (Fsp3) is 0.500. The van der Waals surface area contributed by atoms with Crippen molar-refractivity contribution in [2.45, 2.75) is 51.2 Å². The minimum Gasteiger partial charge on any atom is -0.483 e. The number of hydrogen-bond acceptors (Lipinski definition) is 3. The molecule has 0 spiro atoms. The number of amides is 2. The molecule has 2 amide bonds. The second-order valence-corrected chi connectivity index (χ2v) is 7.39. The van der Waals surface area contributed by atoms with Crippen LogP contribution in [0.25, 0.3) is 6.08 Å². The summed E-state index contributed by atoms with van der Waals surface area (Å²) in [4.78, 5) is 24.7. The SMILES string of the molecule is CCCCNC(=O)C1CCC2O/C(=C\c3cccc(Cl)c3)C(=O)NC2C1. The van der Waals surface area contributed by atoms with Gasteiger partial charge in [0.05, 0.1) is 6.04 Å². The number of unbranched alkanes of at least 4 members (excludes halogenated alkanes) is 1. The Morgan fingerprint density at radius 3 is 3.04 bits per heavy atom. The monoisotopic (exact) mass is 376 g/mol. The van der Waals surface area contributed by atoms with Crippen molar-refractivity contribution in [3.8, 4) is 0 Å². The fourth-order valence-electron chi connectivity index (χ4n) is 3.51. The molecule has 1 aromatic carbocycles. The number of carbonyl (C=O) groups excluding carboxylic acids is 2. The fourth-order valence-corrected chi connectivity index (χ4v) is 3.71. The zero-order chi connectivity index (χ0) is 18.5. The van der Waals surface area contributed by atoms with E-state index in [-0.39, 0.29) is 29.9 Å². The molecule has 0 bridgehead atoms. The Balaban J connectivity index is 1.61. The first-order chi connectivity index (χ1) is 12.6. The molecule has 1 saturated carbocycles. The van der Waals surface area contributed by atoms with Crippen molar-refractivity contribution in [2.75, 3.05) is 6.54 Å². The van der Waals surface area contributed by atoms with E-state index in [1.807, 2.05) is 12.1 Å². The highest BCUT2D eigenvalue weighted by atomic mass is 35.5. The van der Waals surface area contributed by atoms with Gasteiger partial charge in [0.2, 0.25) is 5.91 Å². The van der Waals surface area contributed by atoms with Crippen molar-refractivity contribution in [3.05, 3.63) is 40.6 Å². The van der Waals surface area contributed by atoms with Gasteiger partial charge in [-0.25, -0.2) is 0 Å². The number of hydrogen-bond donors (Lipinski definition) is 2. The number of ether oxygens (including phenoxy) is 1. The molecular formula is C20H25ClN2O3. The highest BCUT2D eigenvalue weighted by Gasteiger charge is 2.40. The predicted molar refractivity (Wildman–Crippen MR) is 101 cm³/mol. The van der Waals surface area contributed by atoms with Crippen LogP contribution in [0, 0.1) is 5.92 Å². The Morgan fingerprint density at radius 2 is 2.27 bits per heavy atom. The van der Waals surface area contributed by atoms with E-state index in [0.29, 0.717) is 17.2 Å². The molecule has 6 heteroatoms. The zero-order valence-electron chi connectivity index (χ0n) is 15.0. The molecule has 0 aromatic heterocycles. The summed E-state index contributed by atoms with van der Waals surface area (Å²) < 4.78 is 5.95. The number of morpholine rings is 1. The normalized spacial score (nSPS) is 26.6. The molecule has 1 aromatic rings. The maximum atomic E-state index is 12.4. The Morgan fingerprint density at radius 1 is 1.42 bits per heavy atom. The first-order valence-corrected chi connectivity index (χ1v) is 9.67. The van der Waals surface area contributed by atoms with E-state index in [0.717, 1.165) is 37.8 Å². The molecule has 2 fully saturated rings. The number of nitrogens with one attached hydrogen (secondary N) is 2. The lowest BCUT2D eigenvalue weighted by Gasteiger charge is -2.39. The van der Waals surface area contributed by atoms with Crippen LogP contribution < -0.4 is 10.6 Å². The second kappa shape index (κ2) is 8.58. The van der Waals surface area contributed by atoms with E-state index < -0.39 is 0 Å². The van der Waals surface area contributed by atoms with Crippen LogP contribution in [0.3, 0.4) is 0 Å². The summed E-state index contributed by atoms with van der Waals surface area (Å²) in [5.74, 6) is 0.0968. The van der Waals surface area contributed by atoms with Crippen LogP contribution in [0.4, 0.5) is 0 Å². The molecule has 3 rings (SSSR count). The van der Waals surface area contributed by atoms with Gasteiger partial charge < -0.3 is 15.4 Å². The maximum absolute atomic E-state index is 12.4. The largest absolute Gasteiger partial charge is 0.483 e. The molecule has 5 nitrogen and oxygen atoms in total. The van der Waals surface area contributed by atoms with Gasteiger partial charge in [0.25, 0.3) is 5.91 Å². The second-order valence-electron chi connectivity index (χ2n) is 6.95. The quantitative estimate of drug-likeness (QED) is 0.612. The summed E-state index contributed by atoms with van der Waals surface area (Å²) >= 11 is 5.99. The van der Waals surface area contributed by atoms with Gasteiger partial charge in [0.1, 0.15) is 6.10 Å². The van der Waals surface area contributed by atoms with Gasteiger partial charge in [-0.2, -0.15) is 0 Å². The Hall–Kier alpha value is -2.01. The predicted octanol–water partition coefficient (Wildman–Crippen LogP) is 3.28. The molecule has 3 atom stereocenters. The lowest BCUT2D eigenvalue weighted by molar-refractivity contribution is -0.134. The van der Waals surface area contributed by atoms with E-state index in [9.17, 15) is 9.59 Å². The molecule has 3 unspecified atom stereocenters. The van der Waals surface area contributed by atoms with Crippen molar-refractivity contribution >= 4 is 29.5 Å². The Labute approximate surface area is 159 Å². The first kappa shape index (κ1) is 18.8. The van der Waals surface area contributed by atoms with E-state index in [4.69, 9.17) is 16.3 Å². The van der Waals surface area contributed by atoms with Crippen LogP contribution in [0.15, 0.2) is 30.0 Å². The third-order valence-corrected chi connectivity index (χ3v) is 5.19. The standard InChI is InChI=1S/C20H25ClN2O3/c1-2-3-9-22-19(24)14-7-8-17-16(12-14)23-20(25)18(26-17)11-13-5-4-6-15(21)10-13/h4-6,10-11,14,16-17H,2-3,7-9,12H2,1H3,(H,22,24)(H,23,25)/b18-11-. The molecule has 140 valence electrons. The van der Waals surface area contributed by atoms with E-state index in [1.165, 1.54) is 0 Å². The van der Waals surface area contributed by atoms with E-state index >= 15 is 0 Å². The van der Waals surface area contributed by atoms with Crippen molar-refractivity contribution in [1.82, 2.24) is 10.6 Å². The highest BCUT2D eigenvalue weighted by molar-refractivity contribution is 6.30. The highest BCUT2D eigenvalue weighted by Crippen LogP contribution is 2.31. The number of fused-ring (bicyclic) bond motifs is 1. The van der Waals surface area contributed by atoms with Gasteiger partial charge >= 0.3 is 0 Å². The van der Waals surface area contributed by atoms with Gasteiger partial charge in [0.15, 0.2) is 5.76 Å². The molecule has 1 aliphatic heterocycles. The van der Waals surface area contributed by atoms with Crippen LogP contribution in [0.2, 0.25) is 5.02 Å². The average Bonchev–Trinajstić information content (AvgIpc) is 2.62. The van der Waals surface area contributed by atoms with Gasteiger partial charge in [-0.05, 0) is 49.5 Å². The van der Waals surface area contributed by atoms with Gasteiger partial charge in [-0.3, -0.25) is 9.59 Å². The van der Waals surface area contributed by atoms with Gasteiger partial charge in [0, 0.05) is 17.5 Å². The topological polar surface area (TPSA) is 67.4 Å². The van der Waals surface area contributed by atoms with Crippen LogP contribution in [0.1, 0.15) is 44.6 Å². The molecule has 1 heterocycles. The number of carbonyl (C=O) groups is 2. The number of halogens is 1. The third kappa shape index (κ3) is 4.58. The van der Waals surface area contributed by atoms with Crippen LogP contribution in [-0.4, -0.2) is 30.5 Å². The smallest absolute Gasteiger partial charge is 0.286 e. The molecule has 1 aliphatic carbocycles. The summed E-state index contributed by atoms with van der Waals surface area (Å²) in [7, 11) is 0. The minimum absolute atomic E-state index is 0.0598.